The summed E-state index contributed by atoms with van der Waals surface area (Å²) in [5, 5.41) is -0.184. The van der Waals surface area contributed by atoms with Crippen molar-refractivity contribution in [1.82, 2.24) is 4.31 Å². The standard InChI is InChI=1S/C26H25N3O3S2/c1-34(31,32)29-19-23(17-24(29)25(30)18-28-27)33-26(20-11-5-2-6-12-20,21-13-7-3-8-14-21)22-15-9-4-10-16-22/h2-16,18,23-24H,17,19H2,1H3/t23-,24+/m1/s1. The van der Waals surface area contributed by atoms with Crippen molar-refractivity contribution in [3.8, 4) is 0 Å². The summed E-state index contributed by atoms with van der Waals surface area (Å²) in [7, 11) is -3.64. The van der Waals surface area contributed by atoms with Crippen molar-refractivity contribution in [3.05, 3.63) is 113 Å². The van der Waals surface area contributed by atoms with Crippen LogP contribution in [0.3, 0.4) is 0 Å². The number of hydrogen-bond donors (Lipinski definition) is 0. The summed E-state index contributed by atoms with van der Waals surface area (Å²) in [5.41, 5.74) is 12.1. The topological polar surface area (TPSA) is 90.9 Å². The van der Waals surface area contributed by atoms with Crippen LogP contribution in [0, 0.1) is 0 Å². The van der Waals surface area contributed by atoms with Crippen molar-refractivity contribution >= 4 is 33.8 Å². The second kappa shape index (κ2) is 10.1. The van der Waals surface area contributed by atoms with E-state index in [2.05, 4.69) is 41.2 Å². The number of sulfonamides is 1. The van der Waals surface area contributed by atoms with E-state index in [1.807, 2.05) is 54.6 Å². The van der Waals surface area contributed by atoms with E-state index in [4.69, 9.17) is 5.53 Å². The number of hydrogen-bond acceptors (Lipinski definition) is 4. The summed E-state index contributed by atoms with van der Waals surface area (Å²) in [6.45, 7) is 0.188. The van der Waals surface area contributed by atoms with E-state index in [1.165, 1.54) is 4.31 Å². The number of carbonyl (C=O) groups is 1. The Bertz CT molecular complexity index is 1200. The van der Waals surface area contributed by atoms with Crippen LogP contribution in [0.15, 0.2) is 91.0 Å². The number of nitrogens with zero attached hydrogens (tertiary/aromatic N) is 3. The molecule has 0 radical (unpaired) electrons. The molecule has 0 aliphatic carbocycles. The monoisotopic (exact) mass is 491 g/mol. The van der Waals surface area contributed by atoms with Crippen LogP contribution in [0.2, 0.25) is 0 Å². The second-order valence-corrected chi connectivity index (χ2v) is 11.7. The van der Waals surface area contributed by atoms with Crippen LogP contribution in [-0.2, 0) is 19.6 Å². The van der Waals surface area contributed by atoms with E-state index in [-0.39, 0.29) is 11.8 Å². The molecule has 8 heteroatoms. The normalized spacial score (nSPS) is 18.9. The number of benzene rings is 3. The van der Waals surface area contributed by atoms with E-state index in [9.17, 15) is 13.2 Å². The van der Waals surface area contributed by atoms with E-state index >= 15 is 0 Å². The predicted molar refractivity (Wildman–Crippen MR) is 135 cm³/mol. The van der Waals surface area contributed by atoms with Gasteiger partial charge < -0.3 is 5.53 Å². The molecule has 4 rings (SSSR count). The minimum atomic E-state index is -3.64. The second-order valence-electron chi connectivity index (χ2n) is 8.25. The SMILES string of the molecule is CS(=O)(=O)N1C[C@H](SC(c2ccccc2)(c2ccccc2)c2ccccc2)C[C@H]1C(=O)C=[N+]=[N-]. The Labute approximate surface area is 204 Å². The molecule has 34 heavy (non-hydrogen) atoms. The molecule has 3 aromatic rings. The van der Waals surface area contributed by atoms with Gasteiger partial charge in [-0.2, -0.15) is 9.10 Å². The minimum absolute atomic E-state index is 0.184. The largest absolute Gasteiger partial charge is 0.361 e. The van der Waals surface area contributed by atoms with Crippen molar-refractivity contribution in [1.29, 1.82) is 0 Å². The highest BCUT2D eigenvalue weighted by Gasteiger charge is 2.47. The lowest BCUT2D eigenvalue weighted by Crippen LogP contribution is -2.40. The molecule has 0 bridgehead atoms. The van der Waals surface area contributed by atoms with Crippen LogP contribution in [0.5, 0.6) is 0 Å². The molecule has 0 amide bonds. The third-order valence-electron chi connectivity index (χ3n) is 6.04. The molecule has 6 nitrogen and oxygen atoms in total. The Hall–Kier alpha value is -3.03. The van der Waals surface area contributed by atoms with Crippen molar-refractivity contribution in [2.45, 2.75) is 22.5 Å². The lowest BCUT2D eigenvalue weighted by Gasteiger charge is -2.37. The van der Waals surface area contributed by atoms with Crippen LogP contribution >= 0.6 is 11.8 Å². The van der Waals surface area contributed by atoms with E-state index in [1.54, 1.807) is 11.8 Å². The number of Topliss-reactive ketones (excluding diaryl/α,β-unsaturated/α-hetero) is 1. The van der Waals surface area contributed by atoms with Gasteiger partial charge in [-0.25, -0.2) is 8.42 Å². The molecule has 0 spiro atoms. The number of rotatable bonds is 8. The molecule has 0 saturated carbocycles. The van der Waals surface area contributed by atoms with Crippen LogP contribution in [-0.4, -0.2) is 53.6 Å². The van der Waals surface area contributed by atoms with E-state index in [0.717, 1.165) is 29.2 Å². The highest BCUT2D eigenvalue weighted by Crippen LogP contribution is 2.52. The van der Waals surface area contributed by atoms with Gasteiger partial charge in [0.25, 0.3) is 5.78 Å². The first-order valence-electron chi connectivity index (χ1n) is 10.9. The smallest absolute Gasteiger partial charge is 0.324 e. The fraction of sp³-hybridized carbons (Fsp3) is 0.231. The van der Waals surface area contributed by atoms with Gasteiger partial charge >= 0.3 is 6.21 Å². The molecule has 1 saturated heterocycles. The van der Waals surface area contributed by atoms with Crippen molar-refractivity contribution < 1.29 is 18.0 Å². The molecule has 0 unspecified atom stereocenters. The molecule has 3 aromatic carbocycles. The first-order chi connectivity index (χ1) is 16.4. The first-order valence-corrected chi connectivity index (χ1v) is 13.6. The fourth-order valence-electron chi connectivity index (χ4n) is 4.59. The van der Waals surface area contributed by atoms with Gasteiger partial charge in [-0.3, -0.25) is 4.79 Å². The molecular formula is C26H25N3O3S2. The maximum absolute atomic E-state index is 12.6. The van der Waals surface area contributed by atoms with Crippen LogP contribution < -0.4 is 0 Å². The van der Waals surface area contributed by atoms with Gasteiger partial charge in [0.2, 0.25) is 10.0 Å². The van der Waals surface area contributed by atoms with E-state index < -0.39 is 26.6 Å². The molecule has 174 valence electrons. The Kier molecular flexibility index (Phi) is 7.14. The third-order valence-corrected chi connectivity index (χ3v) is 9.03. The number of ketones is 1. The molecule has 0 aromatic heterocycles. The Morgan fingerprint density at radius 1 is 0.941 bits per heavy atom. The zero-order chi connectivity index (χ0) is 24.2. The average Bonchev–Trinajstić information content (AvgIpc) is 3.29. The van der Waals surface area contributed by atoms with Crippen LogP contribution in [0.4, 0.5) is 0 Å². The zero-order valence-corrected chi connectivity index (χ0v) is 20.3. The van der Waals surface area contributed by atoms with Gasteiger partial charge in [0.1, 0.15) is 0 Å². The number of carbonyl (C=O) groups excluding carboxylic acids is 1. The van der Waals surface area contributed by atoms with Gasteiger partial charge in [-0.05, 0) is 23.1 Å². The van der Waals surface area contributed by atoms with Gasteiger partial charge in [-0.15, -0.1) is 11.8 Å². The van der Waals surface area contributed by atoms with Crippen molar-refractivity contribution in [2.75, 3.05) is 12.8 Å². The van der Waals surface area contributed by atoms with Gasteiger partial charge in [-0.1, -0.05) is 91.0 Å². The lowest BCUT2D eigenvalue weighted by atomic mass is 9.84. The highest BCUT2D eigenvalue weighted by molar-refractivity contribution is 8.01. The summed E-state index contributed by atoms with van der Waals surface area (Å²) in [6, 6.07) is 29.5. The Balaban J connectivity index is 1.86. The minimum Gasteiger partial charge on any atom is -0.361 e. The molecule has 0 N–H and O–H groups in total. The van der Waals surface area contributed by atoms with Gasteiger partial charge in [0.05, 0.1) is 17.0 Å². The lowest BCUT2D eigenvalue weighted by molar-refractivity contribution is -0.118. The summed E-state index contributed by atoms with van der Waals surface area (Å²) < 4.78 is 25.7. The maximum Gasteiger partial charge on any atom is 0.324 e. The molecule has 1 heterocycles. The van der Waals surface area contributed by atoms with Crippen molar-refractivity contribution in [3.63, 3.8) is 0 Å². The van der Waals surface area contributed by atoms with Gasteiger partial charge in [0, 0.05) is 11.8 Å². The number of thioether (sulfide) groups is 1. The quantitative estimate of drug-likeness (QED) is 0.206. The summed E-state index contributed by atoms with van der Waals surface area (Å²) >= 11 is 1.65. The summed E-state index contributed by atoms with van der Waals surface area (Å²) in [6.07, 6.45) is 2.21. The van der Waals surface area contributed by atoms with Crippen molar-refractivity contribution in [2.24, 2.45) is 0 Å². The highest BCUT2D eigenvalue weighted by atomic mass is 32.2. The molecule has 1 aliphatic heterocycles. The molecule has 1 aliphatic rings. The summed E-state index contributed by atoms with van der Waals surface area (Å²) in [4.78, 5) is 15.4. The zero-order valence-electron chi connectivity index (χ0n) is 18.7. The fourth-order valence-corrected chi connectivity index (χ4v) is 7.62. The van der Waals surface area contributed by atoms with Crippen LogP contribution in [0.1, 0.15) is 23.1 Å². The Morgan fingerprint density at radius 2 is 1.38 bits per heavy atom. The average molecular weight is 492 g/mol. The molecule has 2 atom stereocenters. The van der Waals surface area contributed by atoms with Crippen LogP contribution in [0.25, 0.3) is 5.53 Å². The predicted octanol–water partition coefficient (Wildman–Crippen LogP) is 3.98. The van der Waals surface area contributed by atoms with Gasteiger partial charge in [0.15, 0.2) is 0 Å². The molecular weight excluding hydrogens is 466 g/mol. The molecule has 1 fully saturated rings. The Morgan fingerprint density at radius 3 is 1.76 bits per heavy atom. The summed E-state index contributed by atoms with van der Waals surface area (Å²) in [5.74, 6) is -0.527. The third kappa shape index (κ3) is 4.76. The first kappa shape index (κ1) is 24.1. The van der Waals surface area contributed by atoms with E-state index in [0.29, 0.717) is 6.42 Å². The maximum atomic E-state index is 12.6.